The molecule has 2 heteroatoms. The molecule has 0 aromatic heterocycles. The fraction of sp³-hybridized carbons (Fsp3) is 0.571. The molecular formula is C14H23NS. The number of nitrogens with one attached hydrogen (secondary N) is 1. The molecule has 0 aromatic rings. The van der Waals surface area contributed by atoms with Crippen LogP contribution in [0.15, 0.2) is 35.4 Å². The molecule has 1 aliphatic heterocycles. The molecule has 1 rings (SSSR count). The van der Waals surface area contributed by atoms with Gasteiger partial charge in [0.25, 0.3) is 0 Å². The maximum Gasteiger partial charge on any atom is 0.0488 e. The van der Waals surface area contributed by atoms with Gasteiger partial charge < -0.3 is 5.32 Å². The second-order valence-electron chi connectivity index (χ2n) is 4.80. The van der Waals surface area contributed by atoms with Crippen LogP contribution >= 0.6 is 11.8 Å². The Kier molecular flexibility index (Phi) is 5.20. The summed E-state index contributed by atoms with van der Waals surface area (Å²) in [6.07, 6.45) is 4.51. The van der Waals surface area contributed by atoms with Crippen LogP contribution in [-0.2, 0) is 0 Å². The van der Waals surface area contributed by atoms with Crippen LogP contribution in [0.5, 0.6) is 0 Å². The zero-order valence-electron chi connectivity index (χ0n) is 10.7. The second-order valence-corrected chi connectivity index (χ2v) is 6.02. The third kappa shape index (κ3) is 4.09. The highest BCUT2D eigenvalue weighted by Gasteiger charge is 2.15. The molecule has 0 saturated heterocycles. The number of thioether (sulfide) groups is 1. The van der Waals surface area contributed by atoms with Gasteiger partial charge in [-0.25, -0.2) is 0 Å². The summed E-state index contributed by atoms with van der Waals surface area (Å²) in [4.78, 5) is 1.46. The van der Waals surface area contributed by atoms with Gasteiger partial charge in [-0.05, 0) is 24.2 Å². The average Bonchev–Trinajstić information content (AvgIpc) is 2.65. The summed E-state index contributed by atoms with van der Waals surface area (Å²) in [6, 6.07) is 0.347. The largest absolute Gasteiger partial charge is 0.382 e. The third-order valence-electron chi connectivity index (χ3n) is 2.72. The predicted octanol–water partition coefficient (Wildman–Crippen LogP) is 4.10. The molecule has 0 fully saturated rings. The van der Waals surface area contributed by atoms with Crippen molar-refractivity contribution in [2.75, 3.05) is 5.75 Å². The Bertz CT molecular complexity index is 302. The molecule has 0 amide bonds. The summed E-state index contributed by atoms with van der Waals surface area (Å²) >= 11 is 1.95. The summed E-state index contributed by atoms with van der Waals surface area (Å²) in [6.45, 7) is 14.7. The van der Waals surface area contributed by atoms with Crippen molar-refractivity contribution in [1.82, 2.24) is 5.32 Å². The quantitative estimate of drug-likeness (QED) is 0.698. The van der Waals surface area contributed by atoms with Crippen LogP contribution in [0.2, 0.25) is 0 Å². The zero-order chi connectivity index (χ0) is 12.1. The van der Waals surface area contributed by atoms with Crippen LogP contribution in [0, 0.1) is 5.92 Å². The van der Waals surface area contributed by atoms with Crippen molar-refractivity contribution in [1.29, 1.82) is 0 Å². The topological polar surface area (TPSA) is 12.0 Å². The normalized spacial score (nSPS) is 17.1. The van der Waals surface area contributed by atoms with Crippen molar-refractivity contribution in [3.8, 4) is 0 Å². The van der Waals surface area contributed by atoms with Crippen molar-refractivity contribution >= 4 is 11.8 Å². The molecule has 0 bridgehead atoms. The first-order valence-corrected chi connectivity index (χ1v) is 6.90. The Morgan fingerprint density at radius 2 is 2.19 bits per heavy atom. The Morgan fingerprint density at radius 3 is 2.62 bits per heavy atom. The van der Waals surface area contributed by atoms with E-state index in [0.29, 0.717) is 12.0 Å². The summed E-state index contributed by atoms with van der Waals surface area (Å²) < 4.78 is 0. The predicted molar refractivity (Wildman–Crippen MR) is 75.5 cm³/mol. The van der Waals surface area contributed by atoms with Gasteiger partial charge in [-0.1, -0.05) is 38.7 Å². The van der Waals surface area contributed by atoms with E-state index in [4.69, 9.17) is 0 Å². The molecule has 1 aliphatic rings. The van der Waals surface area contributed by atoms with Crippen LogP contribution in [0.1, 0.15) is 33.6 Å². The average molecular weight is 237 g/mol. The van der Waals surface area contributed by atoms with Crippen molar-refractivity contribution in [3.05, 3.63) is 35.4 Å². The van der Waals surface area contributed by atoms with Gasteiger partial charge in [-0.15, -0.1) is 11.8 Å². The van der Waals surface area contributed by atoms with E-state index in [9.17, 15) is 0 Å². The molecule has 1 nitrogen and oxygen atoms in total. The van der Waals surface area contributed by atoms with E-state index in [1.54, 1.807) is 0 Å². The standard InChI is InChI=1S/C14H23NS/c1-10(2)14(11(3)4)15-12(5)9-13-7-6-8-16-13/h7,11,14-15H,1,5-6,8-9H2,2-4H3. The van der Waals surface area contributed by atoms with Crippen molar-refractivity contribution in [2.45, 2.75) is 39.7 Å². The minimum absolute atomic E-state index is 0.347. The molecule has 16 heavy (non-hydrogen) atoms. The molecule has 1 heterocycles. The number of allylic oxidation sites excluding steroid dienone is 2. The fourth-order valence-electron chi connectivity index (χ4n) is 1.93. The Balaban J connectivity index is 2.45. The molecule has 0 radical (unpaired) electrons. The van der Waals surface area contributed by atoms with Gasteiger partial charge in [0.15, 0.2) is 0 Å². The van der Waals surface area contributed by atoms with Crippen molar-refractivity contribution in [3.63, 3.8) is 0 Å². The zero-order valence-corrected chi connectivity index (χ0v) is 11.5. The molecule has 0 aliphatic carbocycles. The van der Waals surface area contributed by atoms with E-state index in [0.717, 1.165) is 12.1 Å². The van der Waals surface area contributed by atoms with E-state index >= 15 is 0 Å². The number of hydrogen-bond acceptors (Lipinski definition) is 2. The van der Waals surface area contributed by atoms with Crippen LogP contribution in [-0.4, -0.2) is 11.8 Å². The monoisotopic (exact) mass is 237 g/mol. The molecule has 1 unspecified atom stereocenters. The molecule has 0 saturated carbocycles. The third-order valence-corrected chi connectivity index (χ3v) is 3.84. The van der Waals surface area contributed by atoms with E-state index in [1.807, 2.05) is 11.8 Å². The minimum atomic E-state index is 0.347. The van der Waals surface area contributed by atoms with Gasteiger partial charge in [0, 0.05) is 23.9 Å². The lowest BCUT2D eigenvalue weighted by molar-refractivity contribution is 0.479. The first-order chi connectivity index (χ1) is 7.50. The van der Waals surface area contributed by atoms with Crippen molar-refractivity contribution in [2.24, 2.45) is 5.92 Å². The number of rotatable bonds is 6. The van der Waals surface area contributed by atoms with E-state index in [1.165, 1.54) is 22.7 Å². The Hall–Kier alpha value is -0.630. The summed E-state index contributed by atoms with van der Waals surface area (Å²) in [7, 11) is 0. The van der Waals surface area contributed by atoms with Crippen LogP contribution in [0.25, 0.3) is 0 Å². The minimum Gasteiger partial charge on any atom is -0.382 e. The van der Waals surface area contributed by atoms with Gasteiger partial charge in [-0.3, -0.25) is 0 Å². The molecule has 0 aromatic carbocycles. The lowest BCUT2D eigenvalue weighted by Crippen LogP contribution is -2.33. The Morgan fingerprint density at radius 1 is 1.50 bits per heavy atom. The smallest absolute Gasteiger partial charge is 0.0488 e. The number of hydrogen-bond donors (Lipinski definition) is 1. The first kappa shape index (κ1) is 13.4. The van der Waals surface area contributed by atoms with Gasteiger partial charge in [0.05, 0.1) is 0 Å². The van der Waals surface area contributed by atoms with Crippen LogP contribution < -0.4 is 5.32 Å². The van der Waals surface area contributed by atoms with E-state index in [2.05, 4.69) is 45.3 Å². The molecule has 90 valence electrons. The van der Waals surface area contributed by atoms with E-state index < -0.39 is 0 Å². The van der Waals surface area contributed by atoms with Crippen molar-refractivity contribution < 1.29 is 0 Å². The van der Waals surface area contributed by atoms with Gasteiger partial charge in [-0.2, -0.15) is 0 Å². The van der Waals surface area contributed by atoms with Gasteiger partial charge in [0.2, 0.25) is 0 Å². The molecule has 0 spiro atoms. The lowest BCUT2D eigenvalue weighted by Gasteiger charge is -2.25. The summed E-state index contributed by atoms with van der Waals surface area (Å²) in [5, 5.41) is 3.49. The van der Waals surface area contributed by atoms with Gasteiger partial charge in [0.1, 0.15) is 0 Å². The lowest BCUT2D eigenvalue weighted by atomic mass is 9.98. The maximum absolute atomic E-state index is 4.12. The highest BCUT2D eigenvalue weighted by Crippen LogP contribution is 2.29. The van der Waals surface area contributed by atoms with Gasteiger partial charge >= 0.3 is 0 Å². The summed E-state index contributed by atoms with van der Waals surface area (Å²) in [5.74, 6) is 1.79. The SMILES string of the molecule is C=C(CC1=CCCS1)NC(C(=C)C)C(C)C. The fourth-order valence-corrected chi connectivity index (χ4v) is 2.94. The highest BCUT2D eigenvalue weighted by atomic mass is 32.2. The molecule has 1 atom stereocenters. The highest BCUT2D eigenvalue weighted by molar-refractivity contribution is 8.03. The first-order valence-electron chi connectivity index (χ1n) is 5.92. The van der Waals surface area contributed by atoms with Crippen LogP contribution in [0.3, 0.4) is 0 Å². The molecular weight excluding hydrogens is 214 g/mol. The maximum atomic E-state index is 4.12. The van der Waals surface area contributed by atoms with Crippen LogP contribution in [0.4, 0.5) is 0 Å². The Labute approximate surface area is 104 Å². The second kappa shape index (κ2) is 6.19. The van der Waals surface area contributed by atoms with E-state index in [-0.39, 0.29) is 0 Å². The summed E-state index contributed by atoms with van der Waals surface area (Å²) in [5.41, 5.74) is 2.30. The molecule has 1 N–H and O–H groups in total.